The zero-order chi connectivity index (χ0) is 15.5. The maximum Gasteiger partial charge on any atom is 0.410 e. The van der Waals surface area contributed by atoms with Crippen molar-refractivity contribution in [3.05, 3.63) is 18.2 Å². The predicted octanol–water partition coefficient (Wildman–Crippen LogP) is 1.82. The van der Waals surface area contributed by atoms with E-state index in [4.69, 9.17) is 15.9 Å². The minimum Gasteiger partial charge on any atom is -0.444 e. The predicted molar refractivity (Wildman–Crippen MR) is 77.6 cm³/mol. The van der Waals surface area contributed by atoms with E-state index >= 15 is 0 Å². The second-order valence-electron chi connectivity index (χ2n) is 5.94. The van der Waals surface area contributed by atoms with Crippen LogP contribution in [0.1, 0.15) is 32.6 Å². The van der Waals surface area contributed by atoms with Gasteiger partial charge in [0.25, 0.3) is 0 Å². The average Bonchev–Trinajstić information content (AvgIpc) is 2.86. The maximum absolute atomic E-state index is 12.1. The van der Waals surface area contributed by atoms with Gasteiger partial charge in [-0.1, -0.05) is 5.92 Å². The van der Waals surface area contributed by atoms with E-state index in [9.17, 15) is 4.79 Å². The van der Waals surface area contributed by atoms with Gasteiger partial charge < -0.3 is 18.9 Å². The molecule has 1 aromatic rings. The van der Waals surface area contributed by atoms with Crippen molar-refractivity contribution in [1.82, 2.24) is 14.5 Å². The molecule has 6 nitrogen and oxygen atoms in total. The Balaban J connectivity index is 2.05. The number of rotatable bonds is 2. The Morgan fingerprint density at radius 3 is 3.05 bits per heavy atom. The van der Waals surface area contributed by atoms with Crippen LogP contribution in [0.3, 0.4) is 0 Å². The first kappa shape index (κ1) is 15.4. The van der Waals surface area contributed by atoms with Crippen LogP contribution in [0.15, 0.2) is 12.5 Å². The van der Waals surface area contributed by atoms with Gasteiger partial charge in [0.05, 0.1) is 37.9 Å². The van der Waals surface area contributed by atoms with E-state index in [1.807, 2.05) is 25.3 Å². The molecule has 1 fully saturated rings. The van der Waals surface area contributed by atoms with E-state index in [1.165, 1.54) is 0 Å². The van der Waals surface area contributed by atoms with Crippen LogP contribution in [0.2, 0.25) is 0 Å². The number of hydrogen-bond acceptors (Lipinski definition) is 4. The van der Waals surface area contributed by atoms with Gasteiger partial charge in [-0.3, -0.25) is 0 Å². The topological polar surface area (TPSA) is 56.6 Å². The second kappa shape index (κ2) is 6.19. The summed E-state index contributed by atoms with van der Waals surface area (Å²) in [6.45, 7) is 7.41. The Kier molecular flexibility index (Phi) is 4.53. The van der Waals surface area contributed by atoms with Crippen molar-refractivity contribution < 1.29 is 14.3 Å². The lowest BCUT2D eigenvalue weighted by Crippen LogP contribution is -2.45. The molecule has 2 rings (SSSR count). The first-order chi connectivity index (χ1) is 9.90. The van der Waals surface area contributed by atoms with Crippen molar-refractivity contribution in [1.29, 1.82) is 0 Å². The van der Waals surface area contributed by atoms with Gasteiger partial charge in [0.1, 0.15) is 11.7 Å². The standard InChI is InChI=1S/C15H21N3O3/c1-5-6-18-11-16-9-12(18)13-10-17(7-8-20-13)14(19)21-15(2,3)4/h1,9,11,13H,6-8,10H2,2-4H3. The summed E-state index contributed by atoms with van der Waals surface area (Å²) in [6, 6.07) is 0. The monoisotopic (exact) mass is 291 g/mol. The number of aromatic nitrogens is 2. The Labute approximate surface area is 125 Å². The number of morpholine rings is 1. The van der Waals surface area contributed by atoms with E-state index in [1.54, 1.807) is 17.4 Å². The molecule has 1 amide bonds. The summed E-state index contributed by atoms with van der Waals surface area (Å²) in [6.07, 6.45) is 8.18. The number of imidazole rings is 1. The van der Waals surface area contributed by atoms with Crippen LogP contribution in [0.5, 0.6) is 0 Å². The van der Waals surface area contributed by atoms with E-state index in [-0.39, 0.29) is 12.2 Å². The highest BCUT2D eigenvalue weighted by atomic mass is 16.6. The van der Waals surface area contributed by atoms with Crippen LogP contribution in [-0.2, 0) is 16.0 Å². The number of carbonyl (C=O) groups excluding carboxylic acids is 1. The summed E-state index contributed by atoms with van der Waals surface area (Å²) in [7, 11) is 0. The molecule has 1 aromatic heterocycles. The third-order valence-corrected chi connectivity index (χ3v) is 3.05. The summed E-state index contributed by atoms with van der Waals surface area (Å²) in [5.41, 5.74) is 0.372. The van der Waals surface area contributed by atoms with Crippen LogP contribution < -0.4 is 0 Å². The van der Waals surface area contributed by atoms with Gasteiger partial charge in [-0.2, -0.15) is 0 Å². The summed E-state index contributed by atoms with van der Waals surface area (Å²) < 4.78 is 13.0. The van der Waals surface area contributed by atoms with Gasteiger partial charge in [-0.05, 0) is 20.8 Å². The maximum atomic E-state index is 12.1. The van der Waals surface area contributed by atoms with E-state index in [0.29, 0.717) is 26.2 Å². The van der Waals surface area contributed by atoms with Gasteiger partial charge in [-0.15, -0.1) is 6.42 Å². The summed E-state index contributed by atoms with van der Waals surface area (Å²) >= 11 is 0. The van der Waals surface area contributed by atoms with Crippen LogP contribution in [0, 0.1) is 12.3 Å². The normalized spacial score (nSPS) is 19.1. The highest BCUT2D eigenvalue weighted by molar-refractivity contribution is 5.68. The molecule has 1 atom stereocenters. The number of hydrogen-bond donors (Lipinski definition) is 0. The van der Waals surface area contributed by atoms with Gasteiger partial charge in [0, 0.05) is 6.54 Å². The lowest BCUT2D eigenvalue weighted by atomic mass is 10.2. The molecule has 1 aliphatic heterocycles. The molecular weight excluding hydrogens is 270 g/mol. The molecule has 0 bridgehead atoms. The first-order valence-electron chi connectivity index (χ1n) is 6.94. The fourth-order valence-electron chi connectivity index (χ4n) is 2.15. The SMILES string of the molecule is C#CCn1cncc1C1CN(C(=O)OC(C)(C)C)CCO1. The number of amides is 1. The number of terminal acetylenes is 1. The molecular formula is C15H21N3O3. The number of nitrogens with zero attached hydrogens (tertiary/aromatic N) is 3. The molecule has 1 aliphatic rings. The average molecular weight is 291 g/mol. The quantitative estimate of drug-likeness (QED) is 0.780. The third-order valence-electron chi connectivity index (χ3n) is 3.05. The molecule has 0 N–H and O–H groups in total. The van der Waals surface area contributed by atoms with Crippen molar-refractivity contribution >= 4 is 6.09 Å². The van der Waals surface area contributed by atoms with E-state index in [0.717, 1.165) is 5.69 Å². The van der Waals surface area contributed by atoms with Crippen LogP contribution >= 0.6 is 0 Å². The fourth-order valence-corrected chi connectivity index (χ4v) is 2.15. The lowest BCUT2D eigenvalue weighted by molar-refractivity contribution is -0.0457. The molecule has 114 valence electrons. The van der Waals surface area contributed by atoms with Crippen molar-refractivity contribution in [2.45, 2.75) is 39.0 Å². The van der Waals surface area contributed by atoms with Crippen LogP contribution in [-0.4, -0.2) is 45.8 Å². The van der Waals surface area contributed by atoms with Crippen molar-refractivity contribution in [2.75, 3.05) is 19.7 Å². The highest BCUT2D eigenvalue weighted by Crippen LogP contribution is 2.23. The Bertz CT molecular complexity index is 539. The van der Waals surface area contributed by atoms with Crippen LogP contribution in [0.25, 0.3) is 0 Å². The molecule has 0 spiro atoms. The molecule has 6 heteroatoms. The molecule has 2 heterocycles. The molecule has 0 aliphatic carbocycles. The zero-order valence-corrected chi connectivity index (χ0v) is 12.7. The third kappa shape index (κ3) is 3.99. The van der Waals surface area contributed by atoms with Crippen molar-refractivity contribution in [3.63, 3.8) is 0 Å². The zero-order valence-electron chi connectivity index (χ0n) is 12.7. The molecule has 21 heavy (non-hydrogen) atoms. The molecule has 0 radical (unpaired) electrons. The smallest absolute Gasteiger partial charge is 0.410 e. The van der Waals surface area contributed by atoms with E-state index in [2.05, 4.69) is 10.9 Å². The largest absolute Gasteiger partial charge is 0.444 e. The van der Waals surface area contributed by atoms with Crippen molar-refractivity contribution in [3.8, 4) is 12.3 Å². The Morgan fingerprint density at radius 2 is 2.38 bits per heavy atom. The van der Waals surface area contributed by atoms with E-state index < -0.39 is 5.60 Å². The minimum atomic E-state index is -0.504. The number of ether oxygens (including phenoxy) is 2. The van der Waals surface area contributed by atoms with Gasteiger partial charge in [0.2, 0.25) is 0 Å². The highest BCUT2D eigenvalue weighted by Gasteiger charge is 2.30. The number of carbonyl (C=O) groups is 1. The second-order valence-corrected chi connectivity index (χ2v) is 5.94. The molecule has 1 saturated heterocycles. The Hall–Kier alpha value is -2.00. The molecule has 1 unspecified atom stereocenters. The minimum absolute atomic E-state index is 0.234. The van der Waals surface area contributed by atoms with Gasteiger partial charge in [-0.25, -0.2) is 9.78 Å². The Morgan fingerprint density at radius 1 is 1.62 bits per heavy atom. The summed E-state index contributed by atoms with van der Waals surface area (Å²) in [5.74, 6) is 2.58. The van der Waals surface area contributed by atoms with Crippen molar-refractivity contribution in [2.24, 2.45) is 0 Å². The van der Waals surface area contributed by atoms with Gasteiger partial charge in [0.15, 0.2) is 0 Å². The fraction of sp³-hybridized carbons (Fsp3) is 0.600. The molecule has 0 aromatic carbocycles. The molecule has 0 saturated carbocycles. The lowest BCUT2D eigenvalue weighted by Gasteiger charge is -2.34. The summed E-state index contributed by atoms with van der Waals surface area (Å²) in [4.78, 5) is 17.9. The summed E-state index contributed by atoms with van der Waals surface area (Å²) in [5, 5.41) is 0. The first-order valence-corrected chi connectivity index (χ1v) is 6.94. The van der Waals surface area contributed by atoms with Gasteiger partial charge >= 0.3 is 6.09 Å². The van der Waals surface area contributed by atoms with Crippen LogP contribution in [0.4, 0.5) is 4.79 Å².